The van der Waals surface area contributed by atoms with Crippen molar-refractivity contribution in [3.8, 4) is 17.2 Å². The Morgan fingerprint density at radius 1 is 1.33 bits per heavy atom. The first kappa shape index (κ1) is 19.7. The molecule has 4 aromatic rings. The fraction of sp³-hybridized carbons (Fsp3) is 0.143. The third-order valence-electron chi connectivity index (χ3n) is 3.61. The maximum Gasteiger partial charge on any atom is 0.446 e. The first-order chi connectivity index (χ1) is 14.5. The third kappa shape index (κ3) is 3.92. The summed E-state index contributed by atoms with van der Waals surface area (Å²) < 4.78 is 24.0. The van der Waals surface area contributed by atoms with Crippen LogP contribution in [0.15, 0.2) is 37.2 Å². The summed E-state index contributed by atoms with van der Waals surface area (Å²) in [6, 6.07) is 3.67. The lowest BCUT2D eigenvalue weighted by atomic mass is 10.3. The van der Waals surface area contributed by atoms with Crippen LogP contribution in [0.5, 0.6) is 0 Å². The molecule has 4 rings (SSSR count). The van der Waals surface area contributed by atoms with Crippen molar-refractivity contribution in [2.75, 3.05) is 12.3 Å². The molecule has 0 saturated heterocycles. The number of amides is 1. The zero-order valence-corrected chi connectivity index (χ0v) is 16.1. The number of tetrazole rings is 1. The lowest BCUT2D eigenvalue weighted by Gasteiger charge is -2.04. The molecule has 0 aliphatic rings. The number of nitrogens with zero attached hydrogens (tertiary/aromatic N) is 7. The number of aromatic amines is 1. The molecule has 1 amide bonds. The molecule has 0 aliphatic carbocycles. The van der Waals surface area contributed by atoms with Gasteiger partial charge in [-0.25, -0.2) is 18.4 Å². The van der Waals surface area contributed by atoms with Gasteiger partial charge in [0.25, 0.3) is 11.7 Å². The normalized spacial score (nSPS) is 11.0. The minimum absolute atomic E-state index is 0.0118. The highest BCUT2D eigenvalue weighted by molar-refractivity contribution is 7.99. The summed E-state index contributed by atoms with van der Waals surface area (Å²) in [5, 5.41) is 26.5. The summed E-state index contributed by atoms with van der Waals surface area (Å²) in [7, 11) is 0. The van der Waals surface area contributed by atoms with E-state index in [1.807, 2.05) is 0 Å². The molecule has 2 N–H and O–H groups in total. The maximum absolute atomic E-state index is 13.5. The second kappa shape index (κ2) is 8.42. The molecule has 154 valence electrons. The molecule has 0 radical (unpaired) electrons. The lowest BCUT2D eigenvalue weighted by molar-refractivity contribution is 0.0946. The van der Waals surface area contributed by atoms with E-state index < -0.39 is 17.5 Å². The Bertz CT molecular complexity index is 1240. The average Bonchev–Trinajstić information content (AvgIpc) is 3.48. The number of hydrogen-bond acceptors (Lipinski definition) is 11. The van der Waals surface area contributed by atoms with Crippen molar-refractivity contribution in [1.29, 1.82) is 0 Å². The highest BCUT2D eigenvalue weighted by Crippen LogP contribution is 2.28. The van der Waals surface area contributed by atoms with Crippen LogP contribution in [-0.4, -0.2) is 58.9 Å². The van der Waals surface area contributed by atoms with Crippen molar-refractivity contribution in [1.82, 2.24) is 46.0 Å². The van der Waals surface area contributed by atoms with Gasteiger partial charge in [0.2, 0.25) is 5.82 Å². The molecule has 3 heterocycles. The Labute approximate surface area is 173 Å². The van der Waals surface area contributed by atoms with Crippen LogP contribution in [0, 0.1) is 5.82 Å². The highest BCUT2D eigenvalue weighted by Gasteiger charge is 2.23. The van der Waals surface area contributed by atoms with Crippen molar-refractivity contribution in [3.63, 3.8) is 0 Å². The molecule has 0 spiro atoms. The Hall–Kier alpha value is -3.59. The third-order valence-corrected chi connectivity index (χ3v) is 4.85. The fourth-order valence-corrected chi connectivity index (χ4v) is 3.24. The smallest absolute Gasteiger partial charge is 0.348 e. The maximum atomic E-state index is 13.5. The van der Waals surface area contributed by atoms with E-state index in [9.17, 15) is 14.0 Å². The van der Waals surface area contributed by atoms with Crippen LogP contribution >= 0.6 is 23.4 Å². The number of thioether (sulfide) groups is 1. The molecule has 0 fully saturated rings. The van der Waals surface area contributed by atoms with Crippen molar-refractivity contribution in [3.05, 3.63) is 45.4 Å². The van der Waals surface area contributed by atoms with Gasteiger partial charge < -0.3 is 5.32 Å². The van der Waals surface area contributed by atoms with E-state index in [1.165, 1.54) is 23.9 Å². The Morgan fingerprint density at radius 2 is 2.20 bits per heavy atom. The topological polar surface area (TPSA) is 171 Å². The van der Waals surface area contributed by atoms with Gasteiger partial charge in [-0.3, -0.25) is 9.32 Å². The summed E-state index contributed by atoms with van der Waals surface area (Å²) in [4.78, 5) is 23.9. The van der Waals surface area contributed by atoms with Crippen LogP contribution in [0.3, 0.4) is 0 Å². The van der Waals surface area contributed by atoms with Gasteiger partial charge in [-0.15, -0.1) is 10.2 Å². The molecule has 16 heteroatoms. The van der Waals surface area contributed by atoms with E-state index in [0.29, 0.717) is 10.8 Å². The van der Waals surface area contributed by atoms with E-state index in [2.05, 4.69) is 41.4 Å². The predicted molar refractivity (Wildman–Crippen MR) is 97.6 cm³/mol. The predicted octanol–water partition coefficient (Wildman–Crippen LogP) is 0.703. The van der Waals surface area contributed by atoms with Gasteiger partial charge in [0.15, 0.2) is 10.7 Å². The number of benzene rings is 1. The van der Waals surface area contributed by atoms with Crippen molar-refractivity contribution in [2.45, 2.75) is 5.03 Å². The van der Waals surface area contributed by atoms with Crippen molar-refractivity contribution in [2.24, 2.45) is 0 Å². The van der Waals surface area contributed by atoms with Crippen LogP contribution in [0.1, 0.15) is 10.6 Å². The van der Waals surface area contributed by atoms with E-state index in [1.54, 1.807) is 0 Å². The van der Waals surface area contributed by atoms with Crippen molar-refractivity contribution < 1.29 is 18.3 Å². The molecule has 13 nitrogen and oxygen atoms in total. The Morgan fingerprint density at radius 3 is 2.97 bits per heavy atom. The molecule has 0 atom stereocenters. The van der Waals surface area contributed by atoms with Gasteiger partial charge in [0, 0.05) is 12.3 Å². The van der Waals surface area contributed by atoms with E-state index in [-0.39, 0.29) is 34.6 Å². The molecule has 0 saturated carbocycles. The quantitative estimate of drug-likeness (QED) is 0.298. The fourth-order valence-electron chi connectivity index (χ4n) is 2.31. The number of nitrogens with one attached hydrogen (secondary N) is 2. The molecule has 3 aromatic heterocycles. The first-order valence-corrected chi connectivity index (χ1v) is 9.42. The van der Waals surface area contributed by atoms with Crippen LogP contribution in [0.25, 0.3) is 17.2 Å². The monoisotopic (exact) mass is 453 g/mol. The number of halogens is 2. The molecular weight excluding hydrogens is 445 g/mol. The van der Waals surface area contributed by atoms with Crippen LogP contribution < -0.4 is 11.1 Å². The highest BCUT2D eigenvalue weighted by atomic mass is 35.5. The molecule has 1 aromatic carbocycles. The van der Waals surface area contributed by atoms with Crippen LogP contribution in [0.4, 0.5) is 4.39 Å². The molecule has 0 aliphatic heterocycles. The second-order valence-electron chi connectivity index (χ2n) is 5.46. The standard InChI is InChI=1S/C14H9ClFN9O4S/c15-7-5-6(1-2-8(7)16)25-11(21-28-14(25)27)9-13(22-29-20-9)30-4-3-17-12(26)10-18-23-24-19-10/h1-2,5H,3-4H2,(H,17,26)(H,18,19,23,24). The number of carbonyl (C=O) groups excluding carboxylic acids is 1. The SMILES string of the molecule is O=C(NCCSc1nonc1-c1noc(=O)n1-c1ccc(F)c(Cl)c1)c1nn[nH]n1. The van der Waals surface area contributed by atoms with Crippen LogP contribution in [0.2, 0.25) is 5.02 Å². The Balaban J connectivity index is 1.50. The summed E-state index contributed by atoms with van der Waals surface area (Å²) in [5.74, 6) is -1.71. The number of hydrogen-bond donors (Lipinski definition) is 2. The lowest BCUT2D eigenvalue weighted by Crippen LogP contribution is -2.26. The zero-order valence-electron chi connectivity index (χ0n) is 14.6. The van der Waals surface area contributed by atoms with Crippen LogP contribution in [-0.2, 0) is 0 Å². The second-order valence-corrected chi connectivity index (χ2v) is 6.95. The zero-order chi connectivity index (χ0) is 21.1. The molecular formula is C14H9ClFN9O4S. The number of H-pyrrole nitrogens is 1. The van der Waals surface area contributed by atoms with Gasteiger partial charge in [-0.05, 0) is 33.7 Å². The van der Waals surface area contributed by atoms with Crippen molar-refractivity contribution >= 4 is 29.3 Å². The van der Waals surface area contributed by atoms with Gasteiger partial charge in [-0.1, -0.05) is 28.5 Å². The Kier molecular flexibility index (Phi) is 5.53. The minimum atomic E-state index is -0.834. The van der Waals surface area contributed by atoms with Gasteiger partial charge >= 0.3 is 5.76 Å². The summed E-state index contributed by atoms with van der Waals surface area (Å²) >= 11 is 6.97. The molecule has 0 bridgehead atoms. The first-order valence-electron chi connectivity index (χ1n) is 8.06. The number of rotatable bonds is 7. The minimum Gasteiger partial charge on any atom is -0.348 e. The van der Waals surface area contributed by atoms with Gasteiger partial charge in [0.1, 0.15) is 5.82 Å². The van der Waals surface area contributed by atoms with Gasteiger partial charge in [-0.2, -0.15) is 5.21 Å². The molecule has 0 unspecified atom stereocenters. The number of carbonyl (C=O) groups is 1. The van der Waals surface area contributed by atoms with Gasteiger partial charge in [0.05, 0.1) is 10.7 Å². The largest absolute Gasteiger partial charge is 0.446 e. The summed E-state index contributed by atoms with van der Waals surface area (Å²) in [5.41, 5.74) is 0.338. The number of aromatic nitrogens is 8. The van der Waals surface area contributed by atoms with E-state index in [0.717, 1.165) is 10.6 Å². The van der Waals surface area contributed by atoms with E-state index in [4.69, 9.17) is 20.8 Å². The average molecular weight is 454 g/mol. The molecule has 30 heavy (non-hydrogen) atoms. The van der Waals surface area contributed by atoms with E-state index >= 15 is 0 Å². The summed E-state index contributed by atoms with van der Waals surface area (Å²) in [6.45, 7) is 0.240. The summed E-state index contributed by atoms with van der Waals surface area (Å²) in [6.07, 6.45) is 0.